The fourth-order valence-electron chi connectivity index (χ4n) is 2.15. The van der Waals surface area contributed by atoms with Crippen LogP contribution in [0.25, 0.3) is 0 Å². The number of phenolic OH excluding ortho intramolecular Hbond substituents is 1. The molecule has 17 heavy (non-hydrogen) atoms. The molecular formula is C13H14F2O2. The zero-order valence-corrected chi connectivity index (χ0v) is 9.54. The van der Waals surface area contributed by atoms with Gasteiger partial charge in [-0.25, -0.2) is 8.78 Å². The first-order valence-electron chi connectivity index (χ1n) is 5.75. The summed E-state index contributed by atoms with van der Waals surface area (Å²) in [6, 6.07) is 2.23. The topological polar surface area (TPSA) is 37.3 Å². The van der Waals surface area contributed by atoms with Gasteiger partial charge in [-0.05, 0) is 36.5 Å². The van der Waals surface area contributed by atoms with E-state index in [1.165, 1.54) is 0 Å². The molecule has 0 radical (unpaired) electrons. The van der Waals surface area contributed by atoms with Gasteiger partial charge in [0.05, 0.1) is 0 Å². The lowest BCUT2D eigenvalue weighted by molar-refractivity contribution is -0.120. The Morgan fingerprint density at radius 1 is 1.41 bits per heavy atom. The Morgan fingerprint density at radius 2 is 2.00 bits per heavy atom. The Bertz CT molecular complexity index is 434. The van der Waals surface area contributed by atoms with Gasteiger partial charge in [-0.15, -0.1) is 0 Å². The van der Waals surface area contributed by atoms with Crippen molar-refractivity contribution in [1.29, 1.82) is 0 Å². The Balaban J connectivity index is 2.14. The van der Waals surface area contributed by atoms with Crippen molar-refractivity contribution in [3.8, 4) is 5.75 Å². The van der Waals surface area contributed by atoms with Crippen LogP contribution in [0.3, 0.4) is 0 Å². The minimum atomic E-state index is -0.964. The standard InChI is InChI=1S/C13H14F2O2/c1-2-3-12(16)9-6-8(9)7-4-10(14)13(17)11(15)5-7/h4-5,8-9,17H,2-3,6H2,1H3. The quantitative estimate of drug-likeness (QED) is 0.877. The van der Waals surface area contributed by atoms with Gasteiger partial charge in [0, 0.05) is 12.3 Å². The molecule has 1 aliphatic rings. The average Bonchev–Trinajstić information content (AvgIpc) is 3.05. The van der Waals surface area contributed by atoms with Gasteiger partial charge in [-0.2, -0.15) is 0 Å². The number of benzene rings is 1. The van der Waals surface area contributed by atoms with Crippen molar-refractivity contribution >= 4 is 5.78 Å². The van der Waals surface area contributed by atoms with E-state index >= 15 is 0 Å². The molecule has 0 amide bonds. The van der Waals surface area contributed by atoms with E-state index in [1.807, 2.05) is 6.92 Å². The van der Waals surface area contributed by atoms with Crippen LogP contribution < -0.4 is 0 Å². The molecule has 2 unspecified atom stereocenters. The molecule has 1 aromatic rings. The van der Waals surface area contributed by atoms with E-state index in [0.717, 1.165) is 18.6 Å². The SMILES string of the molecule is CCCC(=O)C1CC1c1cc(F)c(O)c(F)c1. The highest BCUT2D eigenvalue weighted by Gasteiger charge is 2.43. The maximum Gasteiger partial charge on any atom is 0.187 e. The van der Waals surface area contributed by atoms with Crippen LogP contribution in [-0.4, -0.2) is 10.9 Å². The minimum absolute atomic E-state index is 0.0846. The fraction of sp³-hybridized carbons (Fsp3) is 0.462. The molecule has 92 valence electrons. The van der Waals surface area contributed by atoms with Crippen molar-refractivity contribution in [2.45, 2.75) is 32.1 Å². The highest BCUT2D eigenvalue weighted by Crippen LogP contribution is 2.49. The summed E-state index contributed by atoms with van der Waals surface area (Å²) in [4.78, 5) is 11.6. The first kappa shape index (κ1) is 12.0. The van der Waals surface area contributed by atoms with Gasteiger partial charge >= 0.3 is 0 Å². The number of ketones is 1. The first-order chi connectivity index (χ1) is 8.04. The summed E-state index contributed by atoms with van der Waals surface area (Å²) >= 11 is 0. The van der Waals surface area contributed by atoms with Gasteiger partial charge in [-0.1, -0.05) is 6.92 Å². The van der Waals surface area contributed by atoms with Gasteiger partial charge in [0.1, 0.15) is 5.78 Å². The Morgan fingerprint density at radius 3 is 2.53 bits per heavy atom. The van der Waals surface area contributed by atoms with E-state index in [-0.39, 0.29) is 17.6 Å². The number of rotatable bonds is 4. The molecule has 4 heteroatoms. The van der Waals surface area contributed by atoms with Gasteiger partial charge in [-0.3, -0.25) is 4.79 Å². The fourth-order valence-corrected chi connectivity index (χ4v) is 2.15. The zero-order chi connectivity index (χ0) is 12.6. The summed E-state index contributed by atoms with van der Waals surface area (Å²) in [5.74, 6) is -2.91. The second-order valence-electron chi connectivity index (χ2n) is 4.50. The summed E-state index contributed by atoms with van der Waals surface area (Å²) in [7, 11) is 0. The van der Waals surface area contributed by atoms with Gasteiger partial charge in [0.2, 0.25) is 0 Å². The molecule has 1 saturated carbocycles. The van der Waals surface area contributed by atoms with E-state index < -0.39 is 17.4 Å². The maximum atomic E-state index is 13.1. The lowest BCUT2D eigenvalue weighted by Gasteiger charge is -2.03. The molecule has 2 rings (SSSR count). The number of Topliss-reactive ketones (excluding diaryl/α,β-unsaturated/α-hetero) is 1. The summed E-state index contributed by atoms with van der Waals surface area (Å²) in [5.41, 5.74) is 0.465. The van der Waals surface area contributed by atoms with Crippen molar-refractivity contribution in [2.75, 3.05) is 0 Å². The maximum absolute atomic E-state index is 13.1. The average molecular weight is 240 g/mol. The van der Waals surface area contributed by atoms with Crippen molar-refractivity contribution in [1.82, 2.24) is 0 Å². The van der Waals surface area contributed by atoms with Crippen molar-refractivity contribution in [3.63, 3.8) is 0 Å². The second-order valence-corrected chi connectivity index (χ2v) is 4.50. The number of halogens is 2. The second kappa shape index (κ2) is 4.43. The van der Waals surface area contributed by atoms with Crippen molar-refractivity contribution < 1.29 is 18.7 Å². The smallest absolute Gasteiger partial charge is 0.187 e. The highest BCUT2D eigenvalue weighted by atomic mass is 19.1. The normalized spacial score (nSPS) is 22.5. The third kappa shape index (κ3) is 2.30. The van der Waals surface area contributed by atoms with Gasteiger partial charge in [0.25, 0.3) is 0 Å². The lowest BCUT2D eigenvalue weighted by atomic mass is 10.0. The largest absolute Gasteiger partial charge is 0.503 e. The minimum Gasteiger partial charge on any atom is -0.503 e. The van der Waals surface area contributed by atoms with Crippen LogP contribution >= 0.6 is 0 Å². The lowest BCUT2D eigenvalue weighted by Crippen LogP contribution is -2.01. The van der Waals surface area contributed by atoms with Crippen LogP contribution in [0.2, 0.25) is 0 Å². The van der Waals surface area contributed by atoms with Crippen molar-refractivity contribution in [2.24, 2.45) is 5.92 Å². The Labute approximate surface area is 98.3 Å². The third-order valence-electron chi connectivity index (χ3n) is 3.17. The molecule has 2 atom stereocenters. The molecule has 0 spiro atoms. The van der Waals surface area contributed by atoms with E-state index in [1.54, 1.807) is 0 Å². The molecule has 0 aromatic heterocycles. The molecule has 0 bridgehead atoms. The molecule has 1 N–H and O–H groups in total. The summed E-state index contributed by atoms with van der Waals surface area (Å²) in [6.45, 7) is 1.93. The Kier molecular flexibility index (Phi) is 3.13. The van der Waals surface area contributed by atoms with Crippen LogP contribution in [0.1, 0.15) is 37.7 Å². The van der Waals surface area contributed by atoms with E-state index in [9.17, 15) is 13.6 Å². The summed E-state index contributed by atoms with van der Waals surface area (Å²) < 4.78 is 26.3. The number of carbonyl (C=O) groups excluding carboxylic acids is 1. The van der Waals surface area contributed by atoms with Crippen molar-refractivity contribution in [3.05, 3.63) is 29.3 Å². The predicted octanol–water partition coefficient (Wildman–Crippen LogP) is 3.14. The molecule has 1 aliphatic carbocycles. The molecule has 2 nitrogen and oxygen atoms in total. The zero-order valence-electron chi connectivity index (χ0n) is 9.54. The number of hydrogen-bond donors (Lipinski definition) is 1. The number of carbonyl (C=O) groups is 1. The molecule has 0 aliphatic heterocycles. The highest BCUT2D eigenvalue weighted by molar-refractivity contribution is 5.84. The molecule has 0 saturated heterocycles. The Hall–Kier alpha value is -1.45. The number of phenols is 1. The van der Waals surface area contributed by atoms with Crippen LogP contribution in [0.4, 0.5) is 8.78 Å². The van der Waals surface area contributed by atoms with E-state index in [4.69, 9.17) is 5.11 Å². The third-order valence-corrected chi connectivity index (χ3v) is 3.17. The van der Waals surface area contributed by atoms with Crippen LogP contribution in [0.15, 0.2) is 12.1 Å². The van der Waals surface area contributed by atoms with Crippen LogP contribution in [-0.2, 0) is 4.79 Å². The molecule has 1 aromatic carbocycles. The molecular weight excluding hydrogens is 226 g/mol. The molecule has 0 heterocycles. The summed E-state index contributed by atoms with van der Waals surface area (Å²) in [6.07, 6.45) is 1.97. The van der Waals surface area contributed by atoms with Crippen LogP contribution in [0, 0.1) is 17.6 Å². The molecule has 1 fully saturated rings. The summed E-state index contributed by atoms with van der Waals surface area (Å²) in [5, 5.41) is 8.98. The monoisotopic (exact) mass is 240 g/mol. The van der Waals surface area contributed by atoms with E-state index in [2.05, 4.69) is 0 Å². The van der Waals surface area contributed by atoms with Gasteiger partial charge in [0.15, 0.2) is 17.4 Å². The number of hydrogen-bond acceptors (Lipinski definition) is 2. The first-order valence-corrected chi connectivity index (χ1v) is 5.75. The van der Waals surface area contributed by atoms with Gasteiger partial charge < -0.3 is 5.11 Å². The number of aromatic hydroxyl groups is 1. The van der Waals surface area contributed by atoms with E-state index in [0.29, 0.717) is 18.4 Å². The van der Waals surface area contributed by atoms with Crippen LogP contribution in [0.5, 0.6) is 5.75 Å². The predicted molar refractivity (Wildman–Crippen MR) is 58.8 cm³/mol.